The van der Waals surface area contributed by atoms with Crippen LogP contribution in [0.25, 0.3) is 11.1 Å². The Morgan fingerprint density at radius 1 is 1.14 bits per heavy atom. The van der Waals surface area contributed by atoms with E-state index in [4.69, 9.17) is 9.47 Å². The Balaban J connectivity index is 0.910. The van der Waals surface area contributed by atoms with Crippen molar-refractivity contribution in [2.45, 2.75) is 77.8 Å². The van der Waals surface area contributed by atoms with Crippen LogP contribution in [0.3, 0.4) is 0 Å². The number of aromatic nitrogens is 6. The molecule has 2 aliphatic heterocycles. The highest BCUT2D eigenvalue weighted by atomic mass is 32.1. The Bertz CT molecular complexity index is 1910. The Hall–Kier alpha value is -4.30. The van der Waals surface area contributed by atoms with E-state index < -0.39 is 0 Å². The maximum atomic E-state index is 14.6. The summed E-state index contributed by atoms with van der Waals surface area (Å²) in [6.45, 7) is 12.5. The van der Waals surface area contributed by atoms with Crippen molar-refractivity contribution in [2.75, 3.05) is 43.0 Å². The Labute approximate surface area is 301 Å². The fourth-order valence-electron chi connectivity index (χ4n) is 8.42. The summed E-state index contributed by atoms with van der Waals surface area (Å²) in [5.41, 5.74) is 3.19. The molecule has 12 nitrogen and oxygen atoms in total. The highest BCUT2D eigenvalue weighted by Crippen LogP contribution is 2.49. The topological polar surface area (TPSA) is 131 Å². The van der Waals surface area contributed by atoms with E-state index in [2.05, 4.69) is 59.1 Å². The van der Waals surface area contributed by atoms with Crippen LogP contribution < -0.4 is 15.0 Å². The number of benzene rings is 1. The van der Waals surface area contributed by atoms with Crippen LogP contribution in [0, 0.1) is 30.0 Å². The van der Waals surface area contributed by atoms with Gasteiger partial charge < -0.3 is 19.7 Å². The molecule has 5 heterocycles. The molecular formula is C37H44FN9O3S. The van der Waals surface area contributed by atoms with Gasteiger partial charge in [0, 0.05) is 66.9 Å². The van der Waals surface area contributed by atoms with Crippen molar-refractivity contribution in [3.63, 3.8) is 0 Å². The number of halogens is 1. The molecule has 2 saturated carbocycles. The number of carbonyl (C=O) groups is 1. The van der Waals surface area contributed by atoms with Crippen LogP contribution in [-0.2, 0) is 4.74 Å². The van der Waals surface area contributed by atoms with E-state index in [1.807, 2.05) is 13.8 Å². The van der Waals surface area contributed by atoms with E-state index in [-0.39, 0.29) is 17.2 Å². The molecule has 0 amide bonds. The number of anilines is 2. The summed E-state index contributed by atoms with van der Waals surface area (Å²) in [4.78, 5) is 35.8. The Kier molecular flexibility index (Phi) is 9.07. The molecule has 4 aromatic rings. The van der Waals surface area contributed by atoms with Gasteiger partial charge in [-0.3, -0.25) is 4.90 Å². The lowest BCUT2D eigenvalue weighted by Gasteiger charge is -2.57. The first-order valence-corrected chi connectivity index (χ1v) is 18.9. The van der Waals surface area contributed by atoms with Crippen molar-refractivity contribution >= 4 is 28.3 Å². The summed E-state index contributed by atoms with van der Waals surface area (Å²) < 4.78 is 26.2. The number of nitrogens with one attached hydrogen (secondary N) is 1. The van der Waals surface area contributed by atoms with Crippen molar-refractivity contribution in [1.82, 2.24) is 35.0 Å². The molecule has 1 spiro atoms. The van der Waals surface area contributed by atoms with E-state index in [0.717, 1.165) is 80.4 Å². The van der Waals surface area contributed by atoms with Crippen LogP contribution in [0.4, 0.5) is 15.3 Å². The maximum Gasteiger partial charge on any atom is 0.350 e. The molecule has 4 aliphatic rings. The molecule has 8 rings (SSSR count). The standard InChI is InChI=1S/C37H44FN9O3S/c1-5-49-35(48)32-22(4)43-36(51-32)44-26-12-24(13-26)31(21(2)3)47-17-37(18-47)10-11-46(16-37)33-34(45-42-20-41-33)50-29-9-8-25(38)14-27(29)28-15-39-19-40-30(28)23-6-7-23/h8-9,14-15,19-21,23-24,26,31H,5-7,10-13,16-18H2,1-4H3,(H,43,44)/t24?,26?,31-/m1/s1. The number of carbonyl (C=O) groups excluding carboxylic acids is 1. The van der Waals surface area contributed by atoms with Crippen LogP contribution in [-0.4, -0.2) is 85.9 Å². The van der Waals surface area contributed by atoms with E-state index in [1.165, 1.54) is 29.8 Å². The molecule has 2 saturated heterocycles. The molecule has 268 valence electrons. The lowest BCUT2D eigenvalue weighted by atomic mass is 9.68. The van der Waals surface area contributed by atoms with E-state index in [1.54, 1.807) is 18.6 Å². The molecule has 51 heavy (non-hydrogen) atoms. The van der Waals surface area contributed by atoms with Crippen LogP contribution in [0.2, 0.25) is 0 Å². The summed E-state index contributed by atoms with van der Waals surface area (Å²) in [5.74, 6) is 2.27. The number of rotatable bonds is 12. The van der Waals surface area contributed by atoms with Crippen molar-refractivity contribution in [2.24, 2.45) is 17.3 Å². The number of nitrogens with zero attached hydrogens (tertiary/aromatic N) is 8. The third kappa shape index (κ3) is 6.75. The van der Waals surface area contributed by atoms with Gasteiger partial charge in [0.1, 0.15) is 29.1 Å². The van der Waals surface area contributed by atoms with Gasteiger partial charge >= 0.3 is 5.97 Å². The first-order chi connectivity index (χ1) is 24.7. The number of hydrogen-bond acceptors (Lipinski definition) is 13. The zero-order chi connectivity index (χ0) is 35.3. The quantitative estimate of drug-likeness (QED) is 0.161. The second kappa shape index (κ2) is 13.7. The number of hydrogen-bond donors (Lipinski definition) is 1. The predicted molar refractivity (Wildman–Crippen MR) is 192 cm³/mol. The Morgan fingerprint density at radius 3 is 2.73 bits per heavy atom. The molecule has 1 N–H and O–H groups in total. The van der Waals surface area contributed by atoms with Gasteiger partial charge in [-0.25, -0.2) is 29.1 Å². The minimum Gasteiger partial charge on any atom is -0.462 e. The van der Waals surface area contributed by atoms with Gasteiger partial charge in [-0.05, 0) is 76.0 Å². The second-order valence-corrected chi connectivity index (χ2v) is 16.0. The zero-order valence-corrected chi connectivity index (χ0v) is 30.3. The predicted octanol–water partition coefficient (Wildman–Crippen LogP) is 6.51. The van der Waals surface area contributed by atoms with Crippen LogP contribution >= 0.6 is 11.3 Å². The van der Waals surface area contributed by atoms with Crippen molar-refractivity contribution in [3.8, 4) is 22.8 Å². The highest BCUT2D eigenvalue weighted by Gasteiger charge is 2.53. The van der Waals surface area contributed by atoms with Crippen molar-refractivity contribution < 1.29 is 18.7 Å². The average molecular weight is 714 g/mol. The summed E-state index contributed by atoms with van der Waals surface area (Å²) in [7, 11) is 0. The fourth-order valence-corrected chi connectivity index (χ4v) is 9.35. The summed E-state index contributed by atoms with van der Waals surface area (Å²) in [6.07, 6.45) is 10.1. The Morgan fingerprint density at radius 2 is 1.96 bits per heavy atom. The average Bonchev–Trinajstić information content (AvgIpc) is 3.73. The molecule has 0 bridgehead atoms. The molecule has 4 fully saturated rings. The number of likely N-dealkylation sites (tertiary alicyclic amines) is 1. The summed E-state index contributed by atoms with van der Waals surface area (Å²) >= 11 is 1.38. The lowest BCUT2D eigenvalue weighted by Crippen LogP contribution is -2.65. The normalized spacial score (nSPS) is 21.7. The van der Waals surface area contributed by atoms with Gasteiger partial charge in [-0.15, -0.1) is 10.2 Å². The summed E-state index contributed by atoms with van der Waals surface area (Å²) in [5, 5.41) is 12.8. The zero-order valence-electron chi connectivity index (χ0n) is 29.5. The van der Waals surface area contributed by atoms with Gasteiger partial charge in [-0.1, -0.05) is 25.2 Å². The van der Waals surface area contributed by atoms with E-state index in [9.17, 15) is 9.18 Å². The van der Waals surface area contributed by atoms with E-state index >= 15 is 0 Å². The van der Waals surface area contributed by atoms with E-state index in [0.29, 0.717) is 64.3 Å². The molecule has 3 aromatic heterocycles. The second-order valence-electron chi connectivity index (χ2n) is 15.0. The number of esters is 1. The smallest absolute Gasteiger partial charge is 0.350 e. The SMILES string of the molecule is CCOC(=O)c1sc(NC2CC([C@@H](C(C)C)N3CC4(CCN(c5ncnnc5Oc5ccc(F)cc5-c5cncnc5C5CC5)C4)C3)C2)nc1C. The molecule has 1 atom stereocenters. The first-order valence-electron chi connectivity index (χ1n) is 18.1. The lowest BCUT2D eigenvalue weighted by molar-refractivity contribution is -0.0656. The van der Waals surface area contributed by atoms with Gasteiger partial charge in [0.05, 0.1) is 18.0 Å². The van der Waals surface area contributed by atoms with Gasteiger partial charge in [0.2, 0.25) is 0 Å². The van der Waals surface area contributed by atoms with Crippen LogP contribution in [0.5, 0.6) is 11.6 Å². The van der Waals surface area contributed by atoms with Gasteiger partial charge in [0.25, 0.3) is 5.88 Å². The minimum absolute atomic E-state index is 0.181. The number of aryl methyl sites for hydroxylation is 1. The maximum absolute atomic E-state index is 14.6. The molecule has 1 aromatic carbocycles. The third-order valence-corrected chi connectivity index (χ3v) is 11.9. The third-order valence-electron chi connectivity index (χ3n) is 10.9. The van der Waals surface area contributed by atoms with Crippen molar-refractivity contribution in [3.05, 3.63) is 59.1 Å². The van der Waals surface area contributed by atoms with Gasteiger partial charge in [-0.2, -0.15) is 0 Å². The molecule has 0 unspecified atom stereocenters. The van der Waals surface area contributed by atoms with Gasteiger partial charge in [0.15, 0.2) is 10.9 Å². The van der Waals surface area contributed by atoms with Crippen molar-refractivity contribution in [1.29, 1.82) is 0 Å². The highest BCUT2D eigenvalue weighted by molar-refractivity contribution is 7.17. The summed E-state index contributed by atoms with van der Waals surface area (Å²) in [6, 6.07) is 5.37. The first kappa shape index (κ1) is 33.8. The molecule has 14 heteroatoms. The number of ether oxygens (including phenoxy) is 2. The molecule has 2 aliphatic carbocycles. The monoisotopic (exact) mass is 713 g/mol. The van der Waals surface area contributed by atoms with Crippen LogP contribution in [0.1, 0.15) is 79.9 Å². The molecular weight excluding hydrogens is 670 g/mol. The minimum atomic E-state index is -0.357. The number of thiazole rings is 1. The van der Waals surface area contributed by atoms with Crippen LogP contribution in [0.15, 0.2) is 37.1 Å². The fraction of sp³-hybridized carbons (Fsp3) is 0.541. The largest absolute Gasteiger partial charge is 0.462 e. The molecule has 0 radical (unpaired) electrons.